The van der Waals surface area contributed by atoms with Crippen molar-refractivity contribution in [2.75, 3.05) is 26.3 Å². The summed E-state index contributed by atoms with van der Waals surface area (Å²) in [6.07, 6.45) is -0.299. The molecule has 1 aliphatic heterocycles. The first-order valence-electron chi connectivity index (χ1n) is 6.48. The van der Waals surface area contributed by atoms with E-state index >= 15 is 0 Å². The Bertz CT molecular complexity index is 532. The summed E-state index contributed by atoms with van der Waals surface area (Å²) >= 11 is 1.36. The maximum absolute atomic E-state index is 12.5. The molecule has 2 unspecified atom stereocenters. The van der Waals surface area contributed by atoms with Crippen molar-refractivity contribution >= 4 is 17.2 Å². The van der Waals surface area contributed by atoms with Gasteiger partial charge in [-0.15, -0.1) is 11.3 Å². The van der Waals surface area contributed by atoms with E-state index in [0.29, 0.717) is 24.6 Å². The minimum absolute atomic E-state index is 0.00553. The van der Waals surface area contributed by atoms with E-state index in [1.54, 1.807) is 11.0 Å². The van der Waals surface area contributed by atoms with Gasteiger partial charge in [0.2, 0.25) is 0 Å². The summed E-state index contributed by atoms with van der Waals surface area (Å²) in [7, 11) is 0. The van der Waals surface area contributed by atoms with E-state index in [4.69, 9.17) is 15.6 Å². The molecule has 1 fully saturated rings. The lowest BCUT2D eigenvalue weighted by Gasteiger charge is -2.37. The third-order valence-corrected chi connectivity index (χ3v) is 4.09. The number of nitrogens with two attached hydrogens (primary N) is 1. The number of carbonyl (C=O) groups is 1. The SMILES string of the molecule is CC1COC(CO)CN1C(=O)c1ccc(C#CCN)s1. The van der Waals surface area contributed by atoms with E-state index in [0.717, 1.165) is 4.88 Å². The first-order valence-corrected chi connectivity index (χ1v) is 7.29. The van der Waals surface area contributed by atoms with Crippen molar-refractivity contribution in [1.82, 2.24) is 4.90 Å². The fraction of sp³-hybridized carbons (Fsp3) is 0.500. The molecule has 1 aromatic heterocycles. The second kappa shape index (κ2) is 6.86. The van der Waals surface area contributed by atoms with Gasteiger partial charge in [0.1, 0.15) is 0 Å². The standard InChI is InChI=1S/C14H18N2O3S/c1-10-9-19-11(8-17)7-16(10)14(18)13-5-4-12(20-13)3-2-6-15/h4-5,10-11,17H,6-9,15H2,1H3. The number of thiophene rings is 1. The average molecular weight is 294 g/mol. The van der Waals surface area contributed by atoms with Crippen LogP contribution in [0.15, 0.2) is 12.1 Å². The minimum Gasteiger partial charge on any atom is -0.394 e. The molecule has 2 heterocycles. The van der Waals surface area contributed by atoms with Gasteiger partial charge in [-0.25, -0.2) is 0 Å². The molecule has 0 bridgehead atoms. The molecule has 0 radical (unpaired) electrons. The molecule has 1 aliphatic rings. The number of amides is 1. The Kier molecular flexibility index (Phi) is 5.15. The second-order valence-electron chi connectivity index (χ2n) is 4.61. The number of ether oxygens (including phenoxy) is 1. The fourth-order valence-electron chi connectivity index (χ4n) is 2.01. The smallest absolute Gasteiger partial charge is 0.264 e. The largest absolute Gasteiger partial charge is 0.394 e. The zero-order valence-corrected chi connectivity index (χ0v) is 12.2. The Labute approximate surface area is 122 Å². The van der Waals surface area contributed by atoms with Crippen LogP contribution >= 0.6 is 11.3 Å². The van der Waals surface area contributed by atoms with Crippen molar-refractivity contribution < 1.29 is 14.6 Å². The molecule has 6 heteroatoms. The zero-order valence-electron chi connectivity index (χ0n) is 11.3. The van der Waals surface area contributed by atoms with E-state index in [9.17, 15) is 4.79 Å². The Morgan fingerprint density at radius 1 is 1.65 bits per heavy atom. The number of aliphatic hydroxyl groups is 1. The van der Waals surface area contributed by atoms with Gasteiger partial charge in [-0.2, -0.15) is 0 Å². The summed E-state index contributed by atoms with van der Waals surface area (Å²) in [5, 5.41) is 9.16. The first-order chi connectivity index (χ1) is 9.65. The second-order valence-corrected chi connectivity index (χ2v) is 5.70. The van der Waals surface area contributed by atoms with Gasteiger partial charge in [0.05, 0.1) is 41.7 Å². The molecule has 2 rings (SSSR count). The number of morpholine rings is 1. The van der Waals surface area contributed by atoms with Gasteiger partial charge in [0, 0.05) is 6.54 Å². The van der Waals surface area contributed by atoms with Crippen molar-refractivity contribution in [2.24, 2.45) is 5.73 Å². The molecule has 5 nitrogen and oxygen atoms in total. The number of carbonyl (C=O) groups excluding carboxylic acids is 1. The molecular weight excluding hydrogens is 276 g/mol. The molecule has 108 valence electrons. The Morgan fingerprint density at radius 2 is 2.45 bits per heavy atom. The van der Waals surface area contributed by atoms with Crippen LogP contribution in [0.5, 0.6) is 0 Å². The average Bonchev–Trinajstić information content (AvgIpc) is 2.93. The Balaban J connectivity index is 2.11. The van der Waals surface area contributed by atoms with Crippen LogP contribution < -0.4 is 5.73 Å². The van der Waals surface area contributed by atoms with Gasteiger partial charge < -0.3 is 20.5 Å². The van der Waals surface area contributed by atoms with Gasteiger partial charge in [0.25, 0.3) is 5.91 Å². The van der Waals surface area contributed by atoms with E-state index in [1.807, 2.05) is 13.0 Å². The van der Waals surface area contributed by atoms with Crippen LogP contribution in [-0.4, -0.2) is 54.4 Å². The lowest BCUT2D eigenvalue weighted by Crippen LogP contribution is -2.51. The van der Waals surface area contributed by atoms with Gasteiger partial charge in [-0.05, 0) is 19.1 Å². The number of nitrogens with zero attached hydrogens (tertiary/aromatic N) is 1. The molecule has 1 amide bonds. The highest BCUT2D eigenvalue weighted by Crippen LogP contribution is 2.21. The summed E-state index contributed by atoms with van der Waals surface area (Å²) < 4.78 is 5.44. The predicted octanol–water partition coefficient (Wildman–Crippen LogP) is 0.280. The summed E-state index contributed by atoms with van der Waals surface area (Å²) in [6, 6.07) is 3.62. The highest BCUT2D eigenvalue weighted by Gasteiger charge is 2.30. The predicted molar refractivity (Wildman–Crippen MR) is 77.6 cm³/mol. The van der Waals surface area contributed by atoms with Crippen LogP contribution in [0.2, 0.25) is 0 Å². The van der Waals surface area contributed by atoms with Gasteiger partial charge >= 0.3 is 0 Å². The highest BCUT2D eigenvalue weighted by molar-refractivity contribution is 7.14. The van der Waals surface area contributed by atoms with Crippen LogP contribution in [0.1, 0.15) is 21.5 Å². The van der Waals surface area contributed by atoms with Crippen LogP contribution in [0, 0.1) is 11.8 Å². The maximum atomic E-state index is 12.5. The zero-order chi connectivity index (χ0) is 14.5. The summed E-state index contributed by atoms with van der Waals surface area (Å²) in [5.74, 6) is 5.66. The summed E-state index contributed by atoms with van der Waals surface area (Å²) in [6.45, 7) is 3.03. The fourth-order valence-corrected chi connectivity index (χ4v) is 2.85. The summed E-state index contributed by atoms with van der Waals surface area (Å²) in [5.41, 5.74) is 5.33. The third kappa shape index (κ3) is 3.38. The van der Waals surface area contributed by atoms with Crippen molar-refractivity contribution in [2.45, 2.75) is 19.1 Å². The van der Waals surface area contributed by atoms with Gasteiger partial charge in [-0.1, -0.05) is 11.8 Å². The molecule has 3 N–H and O–H groups in total. The van der Waals surface area contributed by atoms with Crippen LogP contribution in [0.25, 0.3) is 0 Å². The topological polar surface area (TPSA) is 75.8 Å². The van der Waals surface area contributed by atoms with E-state index in [1.165, 1.54) is 11.3 Å². The van der Waals surface area contributed by atoms with Crippen molar-refractivity contribution in [1.29, 1.82) is 0 Å². The molecule has 2 atom stereocenters. The number of hydrogen-bond acceptors (Lipinski definition) is 5. The molecule has 20 heavy (non-hydrogen) atoms. The summed E-state index contributed by atoms with van der Waals surface area (Å²) in [4.78, 5) is 15.7. The number of rotatable bonds is 2. The number of aliphatic hydroxyl groups excluding tert-OH is 1. The molecule has 0 aromatic carbocycles. The highest BCUT2D eigenvalue weighted by atomic mass is 32.1. The molecule has 0 spiro atoms. The van der Waals surface area contributed by atoms with Crippen LogP contribution in [0.3, 0.4) is 0 Å². The lowest BCUT2D eigenvalue weighted by atomic mass is 10.2. The van der Waals surface area contributed by atoms with E-state index < -0.39 is 0 Å². The molecule has 0 aliphatic carbocycles. The quantitative estimate of drug-likeness (QED) is 0.768. The van der Waals surface area contributed by atoms with Crippen molar-refractivity contribution in [3.8, 4) is 11.8 Å². The Morgan fingerprint density at radius 3 is 3.15 bits per heavy atom. The van der Waals surface area contributed by atoms with E-state index in [-0.39, 0.29) is 24.7 Å². The molecule has 0 saturated carbocycles. The molecule has 1 saturated heterocycles. The van der Waals surface area contributed by atoms with Gasteiger partial charge in [0.15, 0.2) is 0 Å². The lowest BCUT2D eigenvalue weighted by molar-refractivity contribution is -0.0666. The van der Waals surface area contributed by atoms with Crippen LogP contribution in [0.4, 0.5) is 0 Å². The molecular formula is C14H18N2O3S. The minimum atomic E-state index is -0.299. The monoisotopic (exact) mass is 294 g/mol. The maximum Gasteiger partial charge on any atom is 0.264 e. The van der Waals surface area contributed by atoms with Gasteiger partial charge in [-0.3, -0.25) is 4.79 Å². The third-order valence-electron chi connectivity index (χ3n) is 3.10. The van der Waals surface area contributed by atoms with Crippen LogP contribution in [-0.2, 0) is 4.74 Å². The number of hydrogen-bond donors (Lipinski definition) is 2. The van der Waals surface area contributed by atoms with E-state index in [2.05, 4.69) is 11.8 Å². The molecule has 1 aromatic rings. The first kappa shape index (κ1) is 15.0. The van der Waals surface area contributed by atoms with Crippen molar-refractivity contribution in [3.63, 3.8) is 0 Å². The Hall–Kier alpha value is -1.39. The van der Waals surface area contributed by atoms with Crippen molar-refractivity contribution in [3.05, 3.63) is 21.9 Å². The normalized spacial score (nSPS) is 22.2.